The van der Waals surface area contributed by atoms with Crippen LogP contribution in [0.5, 0.6) is 0 Å². The van der Waals surface area contributed by atoms with Gasteiger partial charge in [-0.3, -0.25) is 14.6 Å². The maximum Gasteiger partial charge on any atom is 0.326 e. The Kier molecular flexibility index (Phi) is 9.59. The number of imidazole rings is 1. The Bertz CT molecular complexity index is 700. The summed E-state index contributed by atoms with van der Waals surface area (Å²) in [7, 11) is 0. The molecule has 1 rings (SSSR count). The Hall–Kier alpha value is -3.15. The minimum atomic E-state index is -1.16. The van der Waals surface area contributed by atoms with Crippen molar-refractivity contribution in [3.8, 4) is 0 Å². The molecule has 1 aromatic heterocycles. The average Bonchev–Trinajstić information content (AvgIpc) is 3.14. The lowest BCUT2D eigenvalue weighted by atomic mass is 10.0. The van der Waals surface area contributed by atoms with Crippen LogP contribution < -0.4 is 27.8 Å². The lowest BCUT2D eigenvalue weighted by molar-refractivity contribution is -0.143. The highest BCUT2D eigenvalue weighted by Gasteiger charge is 2.29. The van der Waals surface area contributed by atoms with Crippen molar-refractivity contribution in [2.75, 3.05) is 6.54 Å². The number of hydrogen-bond donors (Lipinski definition) is 7. The van der Waals surface area contributed by atoms with Crippen LogP contribution in [0.2, 0.25) is 0 Å². The van der Waals surface area contributed by atoms with Gasteiger partial charge < -0.3 is 37.9 Å². The number of H-pyrrole nitrogens is 1. The Morgan fingerprint density at radius 3 is 2.45 bits per heavy atom. The zero-order chi connectivity index (χ0) is 22.0. The summed E-state index contributed by atoms with van der Waals surface area (Å²) in [6.07, 6.45) is 3.85. The molecule has 29 heavy (non-hydrogen) atoms. The summed E-state index contributed by atoms with van der Waals surface area (Å²) in [5.41, 5.74) is 17.0. The second kappa shape index (κ2) is 11.6. The van der Waals surface area contributed by atoms with Crippen LogP contribution in [0.4, 0.5) is 0 Å². The van der Waals surface area contributed by atoms with Gasteiger partial charge in [-0.05, 0) is 18.8 Å². The minimum Gasteiger partial charge on any atom is -0.480 e. The van der Waals surface area contributed by atoms with E-state index in [0.717, 1.165) is 0 Å². The Morgan fingerprint density at radius 2 is 1.93 bits per heavy atom. The number of carbonyl (C=O) groups is 3. The second-order valence-electron chi connectivity index (χ2n) is 6.97. The summed E-state index contributed by atoms with van der Waals surface area (Å²) >= 11 is 0. The first kappa shape index (κ1) is 23.9. The monoisotopic (exact) mass is 410 g/mol. The first-order valence-corrected chi connectivity index (χ1v) is 9.23. The van der Waals surface area contributed by atoms with E-state index >= 15 is 0 Å². The Morgan fingerprint density at radius 1 is 1.24 bits per heavy atom. The summed E-state index contributed by atoms with van der Waals surface area (Å²) < 4.78 is 0. The van der Waals surface area contributed by atoms with Crippen LogP contribution in [0.3, 0.4) is 0 Å². The number of amides is 2. The number of guanidine groups is 1. The van der Waals surface area contributed by atoms with Crippen LogP contribution in [0.1, 0.15) is 32.4 Å². The summed E-state index contributed by atoms with van der Waals surface area (Å²) in [5, 5.41) is 14.3. The van der Waals surface area contributed by atoms with Crippen molar-refractivity contribution in [1.82, 2.24) is 20.6 Å². The molecule has 0 aliphatic heterocycles. The molecule has 3 atom stereocenters. The van der Waals surface area contributed by atoms with E-state index in [1.807, 2.05) is 0 Å². The highest BCUT2D eigenvalue weighted by Crippen LogP contribution is 2.06. The molecule has 0 spiro atoms. The molecule has 12 nitrogen and oxygen atoms in total. The van der Waals surface area contributed by atoms with E-state index in [9.17, 15) is 19.5 Å². The molecule has 10 N–H and O–H groups in total. The third kappa shape index (κ3) is 8.60. The van der Waals surface area contributed by atoms with Gasteiger partial charge in [-0.25, -0.2) is 9.78 Å². The molecule has 1 aromatic rings. The largest absolute Gasteiger partial charge is 0.480 e. The van der Waals surface area contributed by atoms with Crippen molar-refractivity contribution in [3.63, 3.8) is 0 Å². The average molecular weight is 410 g/mol. The molecule has 0 radical (unpaired) electrons. The van der Waals surface area contributed by atoms with Gasteiger partial charge in [0.1, 0.15) is 12.1 Å². The number of carboxylic acids is 1. The van der Waals surface area contributed by atoms with Crippen LogP contribution in [0.25, 0.3) is 0 Å². The molecule has 3 unspecified atom stereocenters. The number of aliphatic imine (C=N–C) groups is 1. The van der Waals surface area contributed by atoms with Gasteiger partial charge in [0.25, 0.3) is 0 Å². The van der Waals surface area contributed by atoms with Crippen LogP contribution in [-0.4, -0.2) is 63.5 Å². The van der Waals surface area contributed by atoms with Crippen molar-refractivity contribution < 1.29 is 19.5 Å². The Balaban J connectivity index is 2.78. The lowest BCUT2D eigenvalue weighted by Crippen LogP contribution is -2.56. The number of nitrogens with two attached hydrogens (primary N) is 3. The van der Waals surface area contributed by atoms with Crippen LogP contribution in [0.15, 0.2) is 17.5 Å². The van der Waals surface area contributed by atoms with Crippen LogP contribution in [0, 0.1) is 5.92 Å². The highest BCUT2D eigenvalue weighted by molar-refractivity contribution is 5.92. The zero-order valence-electron chi connectivity index (χ0n) is 16.6. The van der Waals surface area contributed by atoms with E-state index in [-0.39, 0.29) is 18.3 Å². The summed E-state index contributed by atoms with van der Waals surface area (Å²) in [6.45, 7) is 3.68. The van der Waals surface area contributed by atoms with E-state index in [4.69, 9.17) is 17.2 Å². The van der Waals surface area contributed by atoms with Gasteiger partial charge in [0.15, 0.2) is 5.96 Å². The first-order chi connectivity index (χ1) is 13.6. The van der Waals surface area contributed by atoms with Crippen molar-refractivity contribution in [2.45, 2.75) is 51.2 Å². The number of aromatic nitrogens is 2. The quantitative estimate of drug-likeness (QED) is 0.116. The topological polar surface area (TPSA) is 215 Å². The van der Waals surface area contributed by atoms with Crippen LogP contribution >= 0.6 is 0 Å². The molecule has 0 aliphatic carbocycles. The zero-order valence-corrected chi connectivity index (χ0v) is 16.6. The number of aliphatic carboxylic acids is 1. The van der Waals surface area contributed by atoms with Gasteiger partial charge in [-0.15, -0.1) is 0 Å². The third-order valence-corrected chi connectivity index (χ3v) is 4.15. The van der Waals surface area contributed by atoms with Crippen molar-refractivity contribution in [3.05, 3.63) is 18.2 Å². The minimum absolute atomic E-state index is 0.0440. The second-order valence-corrected chi connectivity index (χ2v) is 6.97. The number of hydrogen-bond acceptors (Lipinski definition) is 6. The molecule has 2 amide bonds. The maximum atomic E-state index is 12.7. The third-order valence-electron chi connectivity index (χ3n) is 4.15. The molecular weight excluding hydrogens is 380 g/mol. The summed E-state index contributed by atoms with van der Waals surface area (Å²) in [4.78, 5) is 47.0. The lowest BCUT2D eigenvalue weighted by Gasteiger charge is -2.24. The number of carboxylic acid groups (broad SMARTS) is 1. The van der Waals surface area contributed by atoms with Crippen molar-refractivity contribution in [2.24, 2.45) is 28.1 Å². The fourth-order valence-electron chi connectivity index (χ4n) is 2.52. The van der Waals surface area contributed by atoms with Gasteiger partial charge in [0, 0.05) is 24.9 Å². The maximum absolute atomic E-state index is 12.7. The SMILES string of the molecule is CC(C)C(NC(=O)C(Cc1cnc[nH]1)NC(=O)C(N)CCCN=C(N)N)C(=O)O. The van der Waals surface area contributed by atoms with Gasteiger partial charge >= 0.3 is 5.97 Å². The molecular formula is C17H30N8O4. The summed E-state index contributed by atoms with van der Waals surface area (Å²) in [6, 6.07) is -2.98. The normalized spacial score (nSPS) is 13.9. The van der Waals surface area contributed by atoms with Gasteiger partial charge in [0.05, 0.1) is 12.4 Å². The number of aromatic amines is 1. The molecule has 162 valence electrons. The van der Waals surface area contributed by atoms with E-state index in [1.54, 1.807) is 13.8 Å². The standard InChI is InChI=1S/C17H30N8O4/c1-9(2)13(16(28)29)25-15(27)12(6-10-7-21-8-23-10)24-14(26)11(18)4-3-5-22-17(19)20/h7-9,11-13H,3-6,18H2,1-2H3,(H,21,23)(H,24,26)(H,25,27)(H,28,29)(H4,19,20,22). The Labute approximate surface area is 168 Å². The fraction of sp³-hybridized carbons (Fsp3) is 0.588. The highest BCUT2D eigenvalue weighted by atomic mass is 16.4. The van der Waals surface area contributed by atoms with Gasteiger partial charge in [0.2, 0.25) is 11.8 Å². The van der Waals surface area contributed by atoms with E-state index in [0.29, 0.717) is 25.1 Å². The number of nitrogens with one attached hydrogen (secondary N) is 3. The number of carbonyl (C=O) groups excluding carboxylic acids is 2. The molecule has 0 aromatic carbocycles. The number of nitrogens with zero attached hydrogens (tertiary/aromatic N) is 2. The first-order valence-electron chi connectivity index (χ1n) is 9.23. The predicted molar refractivity (Wildman–Crippen MR) is 107 cm³/mol. The van der Waals surface area contributed by atoms with Crippen molar-refractivity contribution >= 4 is 23.7 Å². The molecule has 1 heterocycles. The molecule has 0 saturated carbocycles. The van der Waals surface area contributed by atoms with Gasteiger partial charge in [-0.2, -0.15) is 0 Å². The molecule has 0 bridgehead atoms. The van der Waals surface area contributed by atoms with Crippen molar-refractivity contribution in [1.29, 1.82) is 0 Å². The molecule has 0 aliphatic rings. The van der Waals surface area contributed by atoms with Crippen LogP contribution in [-0.2, 0) is 20.8 Å². The van der Waals surface area contributed by atoms with Gasteiger partial charge in [-0.1, -0.05) is 13.8 Å². The molecule has 12 heteroatoms. The molecule has 0 fully saturated rings. The molecule has 0 saturated heterocycles. The van der Waals surface area contributed by atoms with E-state index in [1.165, 1.54) is 12.5 Å². The fourth-order valence-corrected chi connectivity index (χ4v) is 2.52. The van der Waals surface area contributed by atoms with E-state index in [2.05, 4.69) is 25.6 Å². The predicted octanol–water partition coefficient (Wildman–Crippen LogP) is -1.96. The smallest absolute Gasteiger partial charge is 0.326 e. The van der Waals surface area contributed by atoms with E-state index < -0.39 is 35.9 Å². The number of rotatable bonds is 12. The summed E-state index contributed by atoms with van der Waals surface area (Å²) in [5.74, 6) is -2.70.